The number of methoxy groups -OCH3 is 1. The first-order valence-electron chi connectivity index (χ1n) is 7.31. The number of carbonyl (C=O) groups is 1. The van der Waals surface area contributed by atoms with E-state index in [1.54, 1.807) is 55.1 Å². The fourth-order valence-electron chi connectivity index (χ4n) is 2.22. The van der Waals surface area contributed by atoms with Crippen molar-refractivity contribution < 1.29 is 9.53 Å². The standard InChI is InChI=1S/C18H19N3O2S/c1-21(12-13-8-9-17(24-3)16(10-13)23-2)18(22)20-15-7-5-4-6-14(15)11-19/h4-10H,12H2,1-3H3,(H,20,22). The molecule has 0 aliphatic rings. The minimum atomic E-state index is -0.273. The Labute approximate surface area is 146 Å². The van der Waals surface area contributed by atoms with Gasteiger partial charge in [-0.3, -0.25) is 0 Å². The van der Waals surface area contributed by atoms with E-state index in [2.05, 4.69) is 11.4 Å². The summed E-state index contributed by atoms with van der Waals surface area (Å²) in [6.07, 6.45) is 1.99. The van der Waals surface area contributed by atoms with Crippen LogP contribution in [-0.2, 0) is 6.54 Å². The number of nitrogens with one attached hydrogen (secondary N) is 1. The van der Waals surface area contributed by atoms with Gasteiger partial charge < -0.3 is 15.0 Å². The highest BCUT2D eigenvalue weighted by molar-refractivity contribution is 7.98. The van der Waals surface area contributed by atoms with E-state index in [9.17, 15) is 4.79 Å². The van der Waals surface area contributed by atoms with Gasteiger partial charge >= 0.3 is 6.03 Å². The molecule has 0 bridgehead atoms. The Hall–Kier alpha value is -2.65. The maximum Gasteiger partial charge on any atom is 0.321 e. The highest BCUT2D eigenvalue weighted by atomic mass is 32.2. The third-order valence-corrected chi connectivity index (χ3v) is 4.28. The predicted molar refractivity (Wildman–Crippen MR) is 96.4 cm³/mol. The number of anilines is 1. The fraction of sp³-hybridized carbons (Fsp3) is 0.222. The monoisotopic (exact) mass is 341 g/mol. The average Bonchev–Trinajstić information content (AvgIpc) is 2.61. The molecule has 124 valence electrons. The van der Waals surface area contributed by atoms with E-state index >= 15 is 0 Å². The van der Waals surface area contributed by atoms with Crippen LogP contribution in [-0.4, -0.2) is 31.3 Å². The zero-order valence-corrected chi connectivity index (χ0v) is 14.7. The third-order valence-electron chi connectivity index (χ3n) is 3.50. The van der Waals surface area contributed by atoms with Crippen molar-refractivity contribution in [2.24, 2.45) is 0 Å². The number of benzene rings is 2. The minimum absolute atomic E-state index is 0.273. The van der Waals surface area contributed by atoms with Crippen molar-refractivity contribution in [3.8, 4) is 11.8 Å². The van der Waals surface area contributed by atoms with Crippen molar-refractivity contribution in [2.45, 2.75) is 11.4 Å². The van der Waals surface area contributed by atoms with Crippen LogP contribution in [0.25, 0.3) is 0 Å². The molecule has 2 amide bonds. The van der Waals surface area contributed by atoms with Gasteiger partial charge in [0.2, 0.25) is 0 Å². The van der Waals surface area contributed by atoms with Gasteiger partial charge in [0, 0.05) is 18.5 Å². The van der Waals surface area contributed by atoms with E-state index in [-0.39, 0.29) is 6.03 Å². The summed E-state index contributed by atoms with van der Waals surface area (Å²) in [6.45, 7) is 0.436. The van der Waals surface area contributed by atoms with E-state index in [0.29, 0.717) is 17.8 Å². The summed E-state index contributed by atoms with van der Waals surface area (Å²) in [5.41, 5.74) is 1.91. The number of nitrogens with zero attached hydrogens (tertiary/aromatic N) is 2. The topological polar surface area (TPSA) is 65.4 Å². The Balaban J connectivity index is 2.08. The molecular weight excluding hydrogens is 322 g/mol. The Morgan fingerprint density at radius 2 is 2.08 bits per heavy atom. The molecule has 24 heavy (non-hydrogen) atoms. The van der Waals surface area contributed by atoms with Gasteiger partial charge in [-0.15, -0.1) is 11.8 Å². The molecule has 0 saturated heterocycles. The van der Waals surface area contributed by atoms with Crippen molar-refractivity contribution in [3.63, 3.8) is 0 Å². The summed E-state index contributed by atoms with van der Waals surface area (Å²) in [5, 5.41) is 11.8. The van der Waals surface area contributed by atoms with Gasteiger partial charge in [0.1, 0.15) is 11.8 Å². The summed E-state index contributed by atoms with van der Waals surface area (Å²) >= 11 is 1.61. The van der Waals surface area contributed by atoms with Crippen molar-refractivity contribution in [2.75, 3.05) is 25.7 Å². The Morgan fingerprint density at radius 1 is 1.33 bits per heavy atom. The summed E-state index contributed by atoms with van der Waals surface area (Å²) in [5.74, 6) is 0.795. The molecule has 2 aromatic rings. The number of thioether (sulfide) groups is 1. The van der Waals surface area contributed by atoms with Gasteiger partial charge in [0.05, 0.1) is 18.4 Å². The van der Waals surface area contributed by atoms with Crippen molar-refractivity contribution in [3.05, 3.63) is 53.6 Å². The molecule has 6 heteroatoms. The lowest BCUT2D eigenvalue weighted by Gasteiger charge is -2.19. The van der Waals surface area contributed by atoms with Crippen molar-refractivity contribution in [1.82, 2.24) is 4.90 Å². The largest absolute Gasteiger partial charge is 0.496 e. The van der Waals surface area contributed by atoms with Crippen LogP contribution in [0.15, 0.2) is 47.4 Å². The highest BCUT2D eigenvalue weighted by Gasteiger charge is 2.12. The van der Waals surface area contributed by atoms with Crippen LogP contribution in [0.2, 0.25) is 0 Å². The van der Waals surface area contributed by atoms with Crippen LogP contribution in [0.5, 0.6) is 5.75 Å². The van der Waals surface area contributed by atoms with E-state index in [0.717, 1.165) is 16.2 Å². The van der Waals surface area contributed by atoms with E-state index < -0.39 is 0 Å². The van der Waals surface area contributed by atoms with Crippen LogP contribution >= 0.6 is 11.8 Å². The number of nitriles is 1. The molecule has 1 N–H and O–H groups in total. The lowest BCUT2D eigenvalue weighted by atomic mass is 10.2. The van der Waals surface area contributed by atoms with Crippen molar-refractivity contribution in [1.29, 1.82) is 5.26 Å². The quantitative estimate of drug-likeness (QED) is 0.836. The molecular formula is C18H19N3O2S. The Kier molecular flexibility index (Phi) is 6.10. The second-order valence-corrected chi connectivity index (χ2v) is 5.98. The molecule has 0 atom stereocenters. The summed E-state index contributed by atoms with van der Waals surface area (Å²) in [7, 11) is 3.34. The second-order valence-electron chi connectivity index (χ2n) is 5.13. The lowest BCUT2D eigenvalue weighted by molar-refractivity contribution is 0.220. The van der Waals surface area contributed by atoms with Crippen molar-refractivity contribution >= 4 is 23.5 Å². The Morgan fingerprint density at radius 3 is 2.75 bits per heavy atom. The van der Waals surface area contributed by atoms with Gasteiger partial charge in [0.15, 0.2) is 0 Å². The number of carbonyl (C=O) groups excluding carboxylic acids is 1. The van der Waals surface area contributed by atoms with Gasteiger partial charge in [-0.25, -0.2) is 4.79 Å². The van der Waals surface area contributed by atoms with Crippen LogP contribution in [0, 0.1) is 11.3 Å². The van der Waals surface area contributed by atoms with Crippen LogP contribution in [0.4, 0.5) is 10.5 Å². The molecule has 0 radical (unpaired) electrons. The molecule has 0 unspecified atom stereocenters. The highest BCUT2D eigenvalue weighted by Crippen LogP contribution is 2.28. The molecule has 0 aliphatic heterocycles. The SMILES string of the molecule is COc1cc(CN(C)C(=O)Nc2ccccc2C#N)ccc1SC. The first-order valence-corrected chi connectivity index (χ1v) is 8.53. The van der Waals surface area contributed by atoms with Gasteiger partial charge in [-0.2, -0.15) is 5.26 Å². The molecule has 0 aliphatic carbocycles. The second kappa shape index (κ2) is 8.27. The maximum absolute atomic E-state index is 12.3. The normalized spacial score (nSPS) is 9.92. The minimum Gasteiger partial charge on any atom is -0.496 e. The fourth-order valence-corrected chi connectivity index (χ4v) is 2.77. The summed E-state index contributed by atoms with van der Waals surface area (Å²) in [4.78, 5) is 14.9. The smallest absolute Gasteiger partial charge is 0.321 e. The number of urea groups is 1. The molecule has 0 fully saturated rings. The van der Waals surface area contributed by atoms with Gasteiger partial charge in [-0.05, 0) is 36.1 Å². The van der Waals surface area contributed by atoms with E-state index in [1.165, 1.54) is 0 Å². The number of ether oxygens (including phenoxy) is 1. The zero-order chi connectivity index (χ0) is 17.5. The molecule has 0 heterocycles. The van der Waals surface area contributed by atoms with E-state index in [4.69, 9.17) is 10.00 Å². The van der Waals surface area contributed by atoms with Crippen LogP contribution in [0.3, 0.4) is 0 Å². The molecule has 5 nitrogen and oxygen atoms in total. The zero-order valence-electron chi connectivity index (χ0n) is 13.9. The lowest BCUT2D eigenvalue weighted by Crippen LogP contribution is -2.31. The predicted octanol–water partition coefficient (Wildman–Crippen LogP) is 3.95. The average molecular weight is 341 g/mol. The number of hydrogen-bond acceptors (Lipinski definition) is 4. The molecule has 0 aromatic heterocycles. The van der Waals surface area contributed by atoms with Crippen LogP contribution in [0.1, 0.15) is 11.1 Å². The number of rotatable bonds is 5. The number of amides is 2. The van der Waals surface area contributed by atoms with Gasteiger partial charge in [-0.1, -0.05) is 18.2 Å². The maximum atomic E-state index is 12.3. The third kappa shape index (κ3) is 4.21. The molecule has 0 saturated carbocycles. The Bertz CT molecular complexity index is 771. The van der Waals surface area contributed by atoms with E-state index in [1.807, 2.05) is 24.5 Å². The molecule has 2 aromatic carbocycles. The number of para-hydroxylation sites is 1. The first kappa shape index (κ1) is 17.7. The molecule has 2 rings (SSSR count). The number of hydrogen-bond donors (Lipinski definition) is 1. The van der Waals surface area contributed by atoms with Gasteiger partial charge in [0.25, 0.3) is 0 Å². The summed E-state index contributed by atoms with van der Waals surface area (Å²) in [6, 6.07) is 14.6. The first-order chi connectivity index (χ1) is 11.6. The van der Waals surface area contributed by atoms with Crippen LogP contribution < -0.4 is 10.1 Å². The summed E-state index contributed by atoms with van der Waals surface area (Å²) < 4.78 is 5.37. The molecule has 0 spiro atoms.